The summed E-state index contributed by atoms with van der Waals surface area (Å²) in [6.07, 6.45) is 1.70. The maximum absolute atomic E-state index is 11.6. The van der Waals surface area contributed by atoms with Crippen LogP contribution in [-0.4, -0.2) is 10.3 Å². The molecule has 0 bridgehead atoms. The summed E-state index contributed by atoms with van der Waals surface area (Å²) in [6.45, 7) is 4.86. The Kier molecular flexibility index (Phi) is 4.32. The van der Waals surface area contributed by atoms with Crippen LogP contribution in [0.15, 0.2) is 46.2 Å². The van der Waals surface area contributed by atoms with Crippen molar-refractivity contribution < 1.29 is 0 Å². The van der Waals surface area contributed by atoms with Crippen molar-refractivity contribution in [2.75, 3.05) is 11.5 Å². The van der Waals surface area contributed by atoms with E-state index in [4.69, 9.17) is 5.73 Å². The van der Waals surface area contributed by atoms with Gasteiger partial charge in [-0.15, -0.1) is 11.8 Å². The summed E-state index contributed by atoms with van der Waals surface area (Å²) in [5.41, 5.74) is 8.84. The van der Waals surface area contributed by atoms with Gasteiger partial charge in [0.1, 0.15) is 0 Å². The Balaban J connectivity index is 2.02. The molecule has 0 aliphatic heterocycles. The van der Waals surface area contributed by atoms with Crippen molar-refractivity contribution in [3.8, 4) is 0 Å². The molecule has 2 rings (SSSR count). The second kappa shape index (κ2) is 5.97. The number of rotatable bonds is 4. The Morgan fingerprint density at radius 2 is 2.00 bits per heavy atom. The third-order valence-corrected chi connectivity index (χ3v) is 4.08. The molecule has 0 saturated heterocycles. The van der Waals surface area contributed by atoms with Gasteiger partial charge in [-0.05, 0) is 31.5 Å². The van der Waals surface area contributed by atoms with Crippen LogP contribution in [0.3, 0.4) is 0 Å². The monoisotopic (exact) mass is 274 g/mol. The van der Waals surface area contributed by atoms with E-state index in [9.17, 15) is 4.79 Å². The minimum atomic E-state index is -0.00392. The first-order valence-electron chi connectivity index (χ1n) is 6.22. The van der Waals surface area contributed by atoms with Crippen molar-refractivity contribution >= 4 is 17.4 Å². The summed E-state index contributed by atoms with van der Waals surface area (Å²) in [6, 6.07) is 9.57. The van der Waals surface area contributed by atoms with Crippen LogP contribution < -0.4 is 11.3 Å². The Morgan fingerprint density at radius 1 is 1.21 bits per heavy atom. The van der Waals surface area contributed by atoms with Gasteiger partial charge < -0.3 is 10.3 Å². The number of nitrogens with zero attached hydrogens (tertiary/aromatic N) is 1. The predicted molar refractivity (Wildman–Crippen MR) is 81.8 cm³/mol. The molecule has 2 N–H and O–H groups in total. The Labute approximate surface area is 117 Å². The van der Waals surface area contributed by atoms with Crippen molar-refractivity contribution in [1.29, 1.82) is 0 Å². The van der Waals surface area contributed by atoms with E-state index in [1.54, 1.807) is 28.6 Å². The second-order valence-electron chi connectivity index (χ2n) is 4.61. The molecule has 0 radical (unpaired) electrons. The first-order chi connectivity index (χ1) is 9.06. The molecule has 1 heterocycles. The van der Waals surface area contributed by atoms with Crippen LogP contribution in [0, 0.1) is 13.8 Å². The Hall–Kier alpha value is -1.68. The standard InChI is InChI=1S/C15H18N2OS/c1-11-3-4-12(2)14(9-11)19-8-7-17-10-13(16)5-6-15(17)18/h3-6,9-10H,7-8,16H2,1-2H3. The van der Waals surface area contributed by atoms with Gasteiger partial charge in [0.2, 0.25) is 0 Å². The number of thioether (sulfide) groups is 1. The topological polar surface area (TPSA) is 48.0 Å². The lowest BCUT2D eigenvalue weighted by Crippen LogP contribution is -2.19. The van der Waals surface area contributed by atoms with Gasteiger partial charge in [0.05, 0.1) is 0 Å². The molecule has 2 aromatic rings. The largest absolute Gasteiger partial charge is 0.398 e. The summed E-state index contributed by atoms with van der Waals surface area (Å²) in [5.74, 6) is 0.855. The summed E-state index contributed by atoms with van der Waals surface area (Å²) >= 11 is 1.77. The van der Waals surface area contributed by atoms with E-state index in [1.807, 2.05) is 0 Å². The van der Waals surface area contributed by atoms with Crippen LogP contribution in [-0.2, 0) is 6.54 Å². The lowest BCUT2D eigenvalue weighted by Gasteiger charge is -2.08. The average molecular weight is 274 g/mol. The molecule has 0 fully saturated rings. The Bertz CT molecular complexity index is 634. The molecule has 0 aliphatic rings. The number of anilines is 1. The maximum atomic E-state index is 11.6. The number of aromatic nitrogens is 1. The number of benzene rings is 1. The third kappa shape index (κ3) is 3.64. The first-order valence-corrected chi connectivity index (χ1v) is 7.21. The van der Waals surface area contributed by atoms with Crippen LogP contribution >= 0.6 is 11.8 Å². The molecule has 0 amide bonds. The van der Waals surface area contributed by atoms with Crippen LogP contribution in [0.25, 0.3) is 0 Å². The van der Waals surface area contributed by atoms with E-state index in [-0.39, 0.29) is 5.56 Å². The van der Waals surface area contributed by atoms with Gasteiger partial charge in [0, 0.05) is 35.1 Å². The van der Waals surface area contributed by atoms with Crippen molar-refractivity contribution in [3.05, 3.63) is 58.0 Å². The number of hydrogen-bond acceptors (Lipinski definition) is 3. The van der Waals surface area contributed by atoms with E-state index in [2.05, 4.69) is 32.0 Å². The quantitative estimate of drug-likeness (QED) is 0.872. The normalized spacial score (nSPS) is 10.6. The fraction of sp³-hybridized carbons (Fsp3) is 0.267. The SMILES string of the molecule is Cc1ccc(C)c(SCCn2cc(N)ccc2=O)c1. The minimum Gasteiger partial charge on any atom is -0.398 e. The Morgan fingerprint density at radius 3 is 2.79 bits per heavy atom. The van der Waals surface area contributed by atoms with Gasteiger partial charge in [-0.2, -0.15) is 0 Å². The maximum Gasteiger partial charge on any atom is 0.250 e. The predicted octanol–water partition coefficient (Wildman–Crippen LogP) is 2.84. The number of aryl methyl sites for hydroxylation is 3. The average Bonchev–Trinajstić information content (AvgIpc) is 2.38. The fourth-order valence-corrected chi connectivity index (χ4v) is 2.91. The molecule has 0 aliphatic carbocycles. The number of hydrogen-bond donors (Lipinski definition) is 1. The molecule has 1 aromatic heterocycles. The zero-order valence-corrected chi connectivity index (χ0v) is 12.0. The summed E-state index contributed by atoms with van der Waals surface area (Å²) in [5, 5.41) is 0. The highest BCUT2D eigenvalue weighted by Crippen LogP contribution is 2.23. The van der Waals surface area contributed by atoms with Crippen molar-refractivity contribution in [2.24, 2.45) is 0 Å². The van der Waals surface area contributed by atoms with Crippen LogP contribution in [0.5, 0.6) is 0 Å². The van der Waals surface area contributed by atoms with Gasteiger partial charge >= 0.3 is 0 Å². The lowest BCUT2D eigenvalue weighted by atomic mass is 10.2. The summed E-state index contributed by atoms with van der Waals surface area (Å²) < 4.78 is 1.66. The highest BCUT2D eigenvalue weighted by Gasteiger charge is 2.01. The van der Waals surface area contributed by atoms with E-state index in [1.165, 1.54) is 22.1 Å². The molecular weight excluding hydrogens is 256 g/mol. The lowest BCUT2D eigenvalue weighted by molar-refractivity contribution is 0.737. The van der Waals surface area contributed by atoms with Crippen LogP contribution in [0.4, 0.5) is 5.69 Å². The smallest absolute Gasteiger partial charge is 0.250 e. The zero-order valence-electron chi connectivity index (χ0n) is 11.2. The number of nitrogen functional groups attached to an aromatic ring is 1. The number of nitrogens with two attached hydrogens (primary N) is 1. The van der Waals surface area contributed by atoms with Gasteiger partial charge in [-0.25, -0.2) is 0 Å². The molecular formula is C15H18N2OS. The highest BCUT2D eigenvalue weighted by atomic mass is 32.2. The molecule has 0 atom stereocenters. The molecule has 4 heteroatoms. The van der Waals surface area contributed by atoms with E-state index in [0.717, 1.165) is 5.75 Å². The van der Waals surface area contributed by atoms with E-state index in [0.29, 0.717) is 12.2 Å². The molecule has 0 unspecified atom stereocenters. The molecule has 0 saturated carbocycles. The molecule has 19 heavy (non-hydrogen) atoms. The molecule has 1 aromatic carbocycles. The first kappa shape index (κ1) is 13.7. The van der Waals surface area contributed by atoms with Gasteiger partial charge in [0.25, 0.3) is 5.56 Å². The van der Waals surface area contributed by atoms with Crippen LogP contribution in [0.1, 0.15) is 11.1 Å². The molecule has 3 nitrogen and oxygen atoms in total. The summed E-state index contributed by atoms with van der Waals surface area (Å²) in [7, 11) is 0. The summed E-state index contributed by atoms with van der Waals surface area (Å²) in [4.78, 5) is 12.9. The van der Waals surface area contributed by atoms with Crippen molar-refractivity contribution in [2.45, 2.75) is 25.3 Å². The molecule has 0 spiro atoms. The van der Waals surface area contributed by atoms with Crippen molar-refractivity contribution in [1.82, 2.24) is 4.57 Å². The van der Waals surface area contributed by atoms with E-state index >= 15 is 0 Å². The fourth-order valence-electron chi connectivity index (χ4n) is 1.84. The number of pyridine rings is 1. The zero-order chi connectivity index (χ0) is 13.8. The highest BCUT2D eigenvalue weighted by molar-refractivity contribution is 7.99. The van der Waals surface area contributed by atoms with Gasteiger partial charge in [0.15, 0.2) is 0 Å². The van der Waals surface area contributed by atoms with E-state index < -0.39 is 0 Å². The molecule has 100 valence electrons. The van der Waals surface area contributed by atoms with Gasteiger partial charge in [-0.1, -0.05) is 17.7 Å². The van der Waals surface area contributed by atoms with Crippen molar-refractivity contribution in [3.63, 3.8) is 0 Å². The third-order valence-electron chi connectivity index (χ3n) is 2.94. The second-order valence-corrected chi connectivity index (χ2v) is 5.75. The minimum absolute atomic E-state index is 0.00392. The van der Waals surface area contributed by atoms with Gasteiger partial charge in [-0.3, -0.25) is 4.79 Å². The van der Waals surface area contributed by atoms with Crippen LogP contribution in [0.2, 0.25) is 0 Å².